The Labute approximate surface area is 138 Å². The summed E-state index contributed by atoms with van der Waals surface area (Å²) in [4.78, 5) is 10.9. The normalized spacial score (nSPS) is 10.4. The lowest BCUT2D eigenvalue weighted by Crippen LogP contribution is -2.28. The second kappa shape index (κ2) is 7.54. The molecule has 2 N–H and O–H groups in total. The standard InChI is InChI=1S/C14H14Cl2N4S/c15-11-6-12(16)14(19-8-11)20(5-3-13(17)21)9-10-2-1-4-18-7-10/h1-2,4,6-8H,3,5,9H2,(H2,17,21). The Morgan fingerprint density at radius 3 is 2.76 bits per heavy atom. The molecule has 0 amide bonds. The fraction of sp³-hybridized carbons (Fsp3) is 0.214. The van der Waals surface area contributed by atoms with E-state index in [-0.39, 0.29) is 0 Å². The van der Waals surface area contributed by atoms with Crippen molar-refractivity contribution in [1.29, 1.82) is 0 Å². The van der Waals surface area contributed by atoms with Crippen molar-refractivity contribution >= 4 is 46.2 Å². The largest absolute Gasteiger partial charge is 0.393 e. The maximum absolute atomic E-state index is 6.24. The van der Waals surface area contributed by atoms with Crippen molar-refractivity contribution in [3.8, 4) is 0 Å². The first-order valence-corrected chi connectivity index (χ1v) is 7.46. The van der Waals surface area contributed by atoms with Gasteiger partial charge in [0.2, 0.25) is 0 Å². The Bertz CT molecular complexity index is 622. The smallest absolute Gasteiger partial charge is 0.147 e. The number of thiocarbonyl (C=S) groups is 1. The molecule has 2 heterocycles. The summed E-state index contributed by atoms with van der Waals surface area (Å²) in [5, 5.41) is 0.994. The van der Waals surface area contributed by atoms with Crippen LogP contribution in [-0.4, -0.2) is 21.5 Å². The number of nitrogens with two attached hydrogens (primary N) is 1. The van der Waals surface area contributed by atoms with Crippen LogP contribution in [0.25, 0.3) is 0 Å². The molecule has 0 saturated carbocycles. The Kier molecular flexibility index (Phi) is 5.73. The minimum atomic E-state index is 0.455. The third kappa shape index (κ3) is 4.81. The topological polar surface area (TPSA) is 55.0 Å². The lowest BCUT2D eigenvalue weighted by Gasteiger charge is -2.24. The highest BCUT2D eigenvalue weighted by atomic mass is 35.5. The summed E-state index contributed by atoms with van der Waals surface area (Å²) in [6.45, 7) is 1.24. The van der Waals surface area contributed by atoms with Crippen molar-refractivity contribution in [2.24, 2.45) is 5.73 Å². The molecule has 0 radical (unpaired) electrons. The maximum Gasteiger partial charge on any atom is 0.147 e. The minimum absolute atomic E-state index is 0.455. The van der Waals surface area contributed by atoms with Gasteiger partial charge < -0.3 is 10.6 Å². The highest BCUT2D eigenvalue weighted by Gasteiger charge is 2.13. The number of halogens is 2. The monoisotopic (exact) mass is 340 g/mol. The van der Waals surface area contributed by atoms with Crippen molar-refractivity contribution in [3.63, 3.8) is 0 Å². The second-order valence-electron chi connectivity index (χ2n) is 4.46. The molecule has 2 aromatic heterocycles. The molecule has 7 heteroatoms. The first-order valence-electron chi connectivity index (χ1n) is 6.29. The van der Waals surface area contributed by atoms with E-state index in [1.165, 1.54) is 0 Å². The van der Waals surface area contributed by atoms with E-state index in [1.54, 1.807) is 24.7 Å². The van der Waals surface area contributed by atoms with Gasteiger partial charge in [0.25, 0.3) is 0 Å². The van der Waals surface area contributed by atoms with Crippen LogP contribution in [0.3, 0.4) is 0 Å². The number of hydrogen-bond acceptors (Lipinski definition) is 4. The summed E-state index contributed by atoms with van der Waals surface area (Å²) in [6.07, 6.45) is 5.68. The predicted octanol–water partition coefficient (Wildman–Crippen LogP) is 3.47. The molecule has 0 spiro atoms. The van der Waals surface area contributed by atoms with E-state index < -0.39 is 0 Å². The van der Waals surface area contributed by atoms with Gasteiger partial charge in [0, 0.05) is 38.1 Å². The summed E-state index contributed by atoms with van der Waals surface area (Å²) in [5.74, 6) is 0.654. The molecule has 0 aliphatic carbocycles. The Balaban J connectivity index is 2.24. The van der Waals surface area contributed by atoms with E-state index in [1.807, 2.05) is 17.0 Å². The molecular formula is C14H14Cl2N4S. The van der Waals surface area contributed by atoms with Crippen LogP contribution in [0.4, 0.5) is 5.82 Å². The van der Waals surface area contributed by atoms with Crippen molar-refractivity contribution in [1.82, 2.24) is 9.97 Å². The van der Waals surface area contributed by atoms with Crippen LogP contribution < -0.4 is 10.6 Å². The van der Waals surface area contributed by atoms with Gasteiger partial charge in [-0.15, -0.1) is 0 Å². The van der Waals surface area contributed by atoms with Crippen molar-refractivity contribution in [2.45, 2.75) is 13.0 Å². The van der Waals surface area contributed by atoms with Crippen LogP contribution in [0.15, 0.2) is 36.8 Å². The summed E-state index contributed by atoms with van der Waals surface area (Å²) in [6, 6.07) is 5.55. The van der Waals surface area contributed by atoms with Gasteiger partial charge in [-0.3, -0.25) is 4.98 Å². The summed E-state index contributed by atoms with van der Waals surface area (Å²) in [5.41, 5.74) is 6.64. The zero-order valence-electron chi connectivity index (χ0n) is 11.2. The molecule has 0 aromatic carbocycles. The SMILES string of the molecule is NC(=S)CCN(Cc1cccnc1)c1ncc(Cl)cc1Cl. The van der Waals surface area contributed by atoms with Crippen molar-refractivity contribution in [2.75, 3.05) is 11.4 Å². The molecule has 0 fully saturated rings. The van der Waals surface area contributed by atoms with Crippen LogP contribution in [0.2, 0.25) is 10.0 Å². The van der Waals surface area contributed by atoms with Crippen LogP contribution in [0.5, 0.6) is 0 Å². The molecular weight excluding hydrogens is 327 g/mol. The molecule has 0 unspecified atom stereocenters. The second-order valence-corrected chi connectivity index (χ2v) is 5.83. The van der Waals surface area contributed by atoms with E-state index in [0.717, 1.165) is 5.56 Å². The van der Waals surface area contributed by atoms with Gasteiger partial charge in [0.05, 0.1) is 15.0 Å². The molecule has 2 rings (SSSR count). The number of rotatable bonds is 6. The Morgan fingerprint density at radius 2 is 2.14 bits per heavy atom. The summed E-state index contributed by atoms with van der Waals surface area (Å²) in [7, 11) is 0. The van der Waals surface area contributed by atoms with Gasteiger partial charge in [0.15, 0.2) is 0 Å². The molecule has 0 aliphatic rings. The van der Waals surface area contributed by atoms with Gasteiger partial charge >= 0.3 is 0 Å². The Hall–Kier alpha value is -1.43. The average molecular weight is 341 g/mol. The van der Waals surface area contributed by atoms with Crippen molar-refractivity contribution in [3.05, 3.63) is 52.4 Å². The molecule has 0 aliphatic heterocycles. The highest BCUT2D eigenvalue weighted by molar-refractivity contribution is 7.80. The fourth-order valence-corrected chi connectivity index (χ4v) is 2.45. The first-order chi connectivity index (χ1) is 10.1. The summed E-state index contributed by atoms with van der Waals surface area (Å²) < 4.78 is 0. The fourth-order valence-electron chi connectivity index (χ4n) is 1.86. The van der Waals surface area contributed by atoms with E-state index in [2.05, 4.69) is 9.97 Å². The van der Waals surface area contributed by atoms with E-state index >= 15 is 0 Å². The third-order valence-electron chi connectivity index (χ3n) is 2.81. The zero-order valence-corrected chi connectivity index (χ0v) is 13.5. The van der Waals surface area contributed by atoms with Crippen LogP contribution in [0, 0.1) is 0 Å². The molecule has 0 atom stereocenters. The Morgan fingerprint density at radius 1 is 1.33 bits per heavy atom. The maximum atomic E-state index is 6.24. The predicted molar refractivity (Wildman–Crippen MR) is 90.9 cm³/mol. The molecule has 110 valence electrons. The average Bonchev–Trinajstić information content (AvgIpc) is 2.45. The van der Waals surface area contributed by atoms with Crippen LogP contribution in [0.1, 0.15) is 12.0 Å². The molecule has 4 nitrogen and oxygen atoms in total. The lowest BCUT2D eigenvalue weighted by molar-refractivity contribution is 0.788. The molecule has 2 aromatic rings. The number of anilines is 1. The number of nitrogens with zero attached hydrogens (tertiary/aromatic N) is 3. The molecule has 21 heavy (non-hydrogen) atoms. The van der Waals surface area contributed by atoms with Gasteiger partial charge in [-0.2, -0.15) is 0 Å². The zero-order chi connectivity index (χ0) is 15.2. The van der Waals surface area contributed by atoms with Gasteiger partial charge in [-0.25, -0.2) is 4.98 Å². The van der Waals surface area contributed by atoms with Gasteiger partial charge in [0.1, 0.15) is 5.82 Å². The first kappa shape index (κ1) is 15.9. The quantitative estimate of drug-likeness (QED) is 0.816. The van der Waals surface area contributed by atoms with Crippen LogP contribution >= 0.6 is 35.4 Å². The minimum Gasteiger partial charge on any atom is -0.393 e. The highest BCUT2D eigenvalue weighted by Crippen LogP contribution is 2.27. The molecule has 0 saturated heterocycles. The third-order valence-corrected chi connectivity index (χ3v) is 3.50. The number of aromatic nitrogens is 2. The van der Waals surface area contributed by atoms with E-state index in [4.69, 9.17) is 41.2 Å². The lowest BCUT2D eigenvalue weighted by atomic mass is 10.2. The van der Waals surface area contributed by atoms with E-state index in [0.29, 0.717) is 40.4 Å². The van der Waals surface area contributed by atoms with Gasteiger partial charge in [-0.05, 0) is 17.7 Å². The van der Waals surface area contributed by atoms with E-state index in [9.17, 15) is 0 Å². The number of pyridine rings is 2. The number of hydrogen-bond donors (Lipinski definition) is 1. The van der Waals surface area contributed by atoms with Crippen LogP contribution in [-0.2, 0) is 6.54 Å². The summed E-state index contributed by atoms with van der Waals surface area (Å²) >= 11 is 17.1. The molecule has 0 bridgehead atoms. The van der Waals surface area contributed by atoms with Gasteiger partial charge in [-0.1, -0.05) is 41.5 Å². The van der Waals surface area contributed by atoms with Crippen molar-refractivity contribution < 1.29 is 0 Å².